The zero-order chi connectivity index (χ0) is 21.5. The first kappa shape index (κ1) is 21.7. The van der Waals surface area contributed by atoms with Crippen LogP contribution < -0.4 is 16.0 Å². The van der Waals surface area contributed by atoms with E-state index in [0.717, 1.165) is 22.6 Å². The van der Waals surface area contributed by atoms with Gasteiger partial charge in [-0.3, -0.25) is 10.3 Å². The minimum atomic E-state index is 0.345. The summed E-state index contributed by atoms with van der Waals surface area (Å²) >= 11 is 11.7. The molecule has 2 heterocycles. The molecule has 0 saturated heterocycles. The zero-order valence-corrected chi connectivity index (χ0v) is 18.5. The van der Waals surface area contributed by atoms with Crippen LogP contribution >= 0.6 is 23.8 Å². The Bertz CT molecular complexity index is 1030. The monoisotopic (exact) mass is 442 g/mol. The molecule has 3 rings (SSSR count). The predicted molar refractivity (Wildman–Crippen MR) is 125 cm³/mol. The van der Waals surface area contributed by atoms with Gasteiger partial charge in [-0.2, -0.15) is 0 Å². The second-order valence-electron chi connectivity index (χ2n) is 6.72. The largest absolute Gasteiger partial charge is 0.348 e. The Hall–Kier alpha value is -3.04. The number of aromatic nitrogens is 4. The van der Waals surface area contributed by atoms with Crippen molar-refractivity contribution in [3.63, 3.8) is 0 Å². The van der Waals surface area contributed by atoms with Crippen LogP contribution in [0.5, 0.6) is 0 Å². The summed E-state index contributed by atoms with van der Waals surface area (Å²) in [7, 11) is 0. The second kappa shape index (κ2) is 10.1. The number of halogens is 1. The maximum Gasteiger partial charge on any atom is 0.229 e. The first-order valence-corrected chi connectivity index (χ1v) is 10.1. The Kier molecular flexibility index (Phi) is 7.31. The van der Waals surface area contributed by atoms with Crippen molar-refractivity contribution in [2.45, 2.75) is 27.2 Å². The molecule has 30 heavy (non-hydrogen) atoms. The zero-order valence-electron chi connectivity index (χ0n) is 17.0. The molecule has 0 unspecified atom stereocenters. The summed E-state index contributed by atoms with van der Waals surface area (Å²) in [5, 5.41) is 10.2. The number of guanidine groups is 1. The number of nitrogens with one attached hydrogen (secondary N) is 4. The Morgan fingerprint density at radius 2 is 1.90 bits per heavy atom. The summed E-state index contributed by atoms with van der Waals surface area (Å²) in [5.74, 6) is 0.872. The van der Waals surface area contributed by atoms with Crippen molar-refractivity contribution in [1.29, 1.82) is 0 Å². The highest BCUT2D eigenvalue weighted by Crippen LogP contribution is 2.22. The van der Waals surface area contributed by atoms with E-state index in [1.807, 2.05) is 45.0 Å². The van der Waals surface area contributed by atoms with Crippen molar-refractivity contribution >= 4 is 46.5 Å². The molecule has 0 saturated carbocycles. The van der Waals surface area contributed by atoms with Gasteiger partial charge in [-0.25, -0.2) is 15.0 Å². The number of aliphatic imine (C=N–C) groups is 1. The van der Waals surface area contributed by atoms with Crippen LogP contribution in [0.4, 0.5) is 11.6 Å². The van der Waals surface area contributed by atoms with Crippen LogP contribution in [0.15, 0.2) is 41.8 Å². The summed E-state index contributed by atoms with van der Waals surface area (Å²) < 4.78 is 0. The third kappa shape index (κ3) is 6.50. The van der Waals surface area contributed by atoms with Gasteiger partial charge in [-0.1, -0.05) is 17.7 Å². The number of aromatic amines is 1. The molecule has 156 valence electrons. The predicted octanol–water partition coefficient (Wildman–Crippen LogP) is 3.78. The summed E-state index contributed by atoms with van der Waals surface area (Å²) in [6.45, 7) is 6.31. The standard InChI is InChI=1S/C20H23ClN8S/c1-12-4-5-17(16(21)8-12)27-20(30)29-18(23-7-6-15-10-22-11-24-15)28-19-25-13(2)9-14(3)26-19/h4-5,8-11H,6-7H2,1-3H3,(H,22,24)(H3,23,25,26,27,28,29,30). The fourth-order valence-corrected chi connectivity index (χ4v) is 3.18. The van der Waals surface area contributed by atoms with E-state index in [2.05, 4.69) is 40.9 Å². The van der Waals surface area contributed by atoms with Gasteiger partial charge in [0.2, 0.25) is 11.9 Å². The Morgan fingerprint density at radius 3 is 2.57 bits per heavy atom. The van der Waals surface area contributed by atoms with Crippen molar-refractivity contribution in [2.75, 3.05) is 17.2 Å². The van der Waals surface area contributed by atoms with Gasteiger partial charge >= 0.3 is 0 Å². The van der Waals surface area contributed by atoms with E-state index in [1.54, 1.807) is 12.5 Å². The molecular formula is C20H23ClN8S. The SMILES string of the molecule is Cc1ccc(NC(=S)NC(=NCCc2cnc[nH]2)Nc2nc(C)cc(C)n2)c(Cl)c1. The van der Waals surface area contributed by atoms with Crippen LogP contribution in [-0.4, -0.2) is 37.6 Å². The van der Waals surface area contributed by atoms with Gasteiger partial charge < -0.3 is 15.6 Å². The van der Waals surface area contributed by atoms with Gasteiger partial charge in [-0.15, -0.1) is 0 Å². The number of thiocarbonyl (C=S) groups is 1. The maximum atomic E-state index is 6.29. The molecule has 10 heteroatoms. The maximum absolute atomic E-state index is 6.29. The number of imidazole rings is 1. The first-order valence-electron chi connectivity index (χ1n) is 9.34. The van der Waals surface area contributed by atoms with Crippen molar-refractivity contribution in [1.82, 2.24) is 25.3 Å². The minimum absolute atomic E-state index is 0.345. The van der Waals surface area contributed by atoms with Crippen molar-refractivity contribution in [2.24, 2.45) is 4.99 Å². The topological polar surface area (TPSA) is 103 Å². The number of hydrogen-bond donors (Lipinski definition) is 4. The van der Waals surface area contributed by atoms with E-state index in [1.165, 1.54) is 0 Å². The third-order valence-electron chi connectivity index (χ3n) is 4.02. The molecular weight excluding hydrogens is 420 g/mol. The van der Waals surface area contributed by atoms with E-state index in [9.17, 15) is 0 Å². The molecule has 0 aliphatic rings. The molecule has 2 aromatic heterocycles. The number of anilines is 2. The highest BCUT2D eigenvalue weighted by molar-refractivity contribution is 7.80. The summed E-state index contributed by atoms with van der Waals surface area (Å²) in [4.78, 5) is 20.5. The molecule has 3 aromatic rings. The molecule has 0 amide bonds. The number of aryl methyl sites for hydroxylation is 3. The number of H-pyrrole nitrogens is 1. The lowest BCUT2D eigenvalue weighted by Gasteiger charge is -2.15. The lowest BCUT2D eigenvalue weighted by molar-refractivity contribution is 0.927. The molecule has 4 N–H and O–H groups in total. The van der Waals surface area contributed by atoms with Gasteiger partial charge in [0.25, 0.3) is 0 Å². The van der Waals surface area contributed by atoms with Gasteiger partial charge in [0, 0.05) is 36.2 Å². The lowest BCUT2D eigenvalue weighted by Crippen LogP contribution is -2.39. The fourth-order valence-electron chi connectivity index (χ4n) is 2.69. The molecule has 0 aliphatic carbocycles. The highest BCUT2D eigenvalue weighted by Gasteiger charge is 2.09. The molecule has 0 bridgehead atoms. The second-order valence-corrected chi connectivity index (χ2v) is 7.53. The fraction of sp³-hybridized carbons (Fsp3) is 0.250. The van der Waals surface area contributed by atoms with E-state index >= 15 is 0 Å². The minimum Gasteiger partial charge on any atom is -0.348 e. The van der Waals surface area contributed by atoms with Gasteiger partial charge in [0.15, 0.2) is 5.11 Å². The Labute approximate surface area is 185 Å². The summed E-state index contributed by atoms with van der Waals surface area (Å²) in [6.07, 6.45) is 4.11. The Morgan fingerprint density at radius 1 is 1.13 bits per heavy atom. The van der Waals surface area contributed by atoms with Crippen LogP contribution in [0.25, 0.3) is 0 Å². The smallest absolute Gasteiger partial charge is 0.229 e. The average Bonchev–Trinajstić information content (AvgIpc) is 3.16. The van der Waals surface area contributed by atoms with Crippen molar-refractivity contribution in [3.8, 4) is 0 Å². The lowest BCUT2D eigenvalue weighted by atomic mass is 10.2. The van der Waals surface area contributed by atoms with E-state index in [4.69, 9.17) is 23.8 Å². The van der Waals surface area contributed by atoms with Crippen LogP contribution in [0.2, 0.25) is 5.02 Å². The van der Waals surface area contributed by atoms with E-state index in [0.29, 0.717) is 40.7 Å². The molecule has 0 radical (unpaired) electrons. The van der Waals surface area contributed by atoms with Crippen LogP contribution in [0.1, 0.15) is 22.6 Å². The van der Waals surface area contributed by atoms with E-state index in [-0.39, 0.29) is 0 Å². The highest BCUT2D eigenvalue weighted by atomic mass is 35.5. The molecule has 0 spiro atoms. The molecule has 0 atom stereocenters. The number of benzene rings is 1. The van der Waals surface area contributed by atoms with Crippen molar-refractivity contribution < 1.29 is 0 Å². The van der Waals surface area contributed by atoms with Crippen LogP contribution in [-0.2, 0) is 6.42 Å². The molecule has 1 aromatic carbocycles. The van der Waals surface area contributed by atoms with Crippen LogP contribution in [0, 0.1) is 20.8 Å². The van der Waals surface area contributed by atoms with Gasteiger partial charge in [0.1, 0.15) is 0 Å². The molecule has 0 fully saturated rings. The van der Waals surface area contributed by atoms with Crippen molar-refractivity contribution in [3.05, 3.63) is 64.5 Å². The van der Waals surface area contributed by atoms with E-state index < -0.39 is 0 Å². The average molecular weight is 443 g/mol. The van der Waals surface area contributed by atoms with Crippen LogP contribution in [0.3, 0.4) is 0 Å². The first-order chi connectivity index (χ1) is 14.4. The summed E-state index contributed by atoms with van der Waals surface area (Å²) in [5.41, 5.74) is 4.48. The number of rotatable bonds is 5. The van der Waals surface area contributed by atoms with Gasteiger partial charge in [0.05, 0.1) is 17.0 Å². The van der Waals surface area contributed by atoms with Gasteiger partial charge in [-0.05, 0) is 56.8 Å². The summed E-state index contributed by atoms with van der Waals surface area (Å²) in [6, 6.07) is 7.60. The number of hydrogen-bond acceptors (Lipinski definition) is 5. The molecule has 8 nitrogen and oxygen atoms in total. The number of nitrogens with zero attached hydrogens (tertiary/aromatic N) is 4. The Balaban J connectivity index is 1.72. The quantitative estimate of drug-likeness (QED) is 0.271. The third-order valence-corrected chi connectivity index (χ3v) is 4.54. The molecule has 0 aliphatic heterocycles. The normalized spacial score (nSPS) is 11.3.